The molecule has 0 atom stereocenters. The third kappa shape index (κ3) is 3.79. The zero-order chi connectivity index (χ0) is 14.8. The third-order valence-corrected chi connectivity index (χ3v) is 3.79. The molecule has 0 aliphatic heterocycles. The van der Waals surface area contributed by atoms with Gasteiger partial charge < -0.3 is 10.6 Å². The molecule has 0 amide bonds. The van der Waals surface area contributed by atoms with Crippen LogP contribution in [0.25, 0.3) is 0 Å². The second-order valence-corrected chi connectivity index (χ2v) is 6.70. The lowest BCUT2D eigenvalue weighted by molar-refractivity contribution is 0.384. The fourth-order valence-electron chi connectivity index (χ4n) is 1.86. The molecule has 1 aromatic rings. The van der Waals surface area contributed by atoms with E-state index in [-0.39, 0.29) is 17.0 Å². The number of hydrogen-bond donors (Lipinski definition) is 1. The molecule has 19 heavy (non-hydrogen) atoms. The number of halogens is 1. The summed E-state index contributed by atoms with van der Waals surface area (Å²) < 4.78 is 2.02. The second-order valence-electron chi connectivity index (χ2n) is 5.91. The van der Waals surface area contributed by atoms with Crippen LogP contribution in [0, 0.1) is 5.41 Å². The first-order valence-corrected chi connectivity index (χ1v) is 7.17. The lowest BCUT2D eigenvalue weighted by atomic mass is 9.93. The van der Waals surface area contributed by atoms with Crippen molar-refractivity contribution in [3.8, 4) is 0 Å². The van der Waals surface area contributed by atoms with Crippen LogP contribution in [0.15, 0.2) is 15.5 Å². The number of nitrogens with zero attached hydrogens (tertiary/aromatic N) is 3. The largest absolute Gasteiger partial charge is 0.372 e. The van der Waals surface area contributed by atoms with Gasteiger partial charge in [-0.3, -0.25) is 4.79 Å². The standard InChI is InChI=1S/C13H23BrN4O/c1-9(2)18-12(19)11(14)10(6-16-18)17(5)8-13(3,4)7-15/h6,9H,7-8,15H2,1-5H3. The summed E-state index contributed by atoms with van der Waals surface area (Å²) in [6.45, 7) is 9.41. The molecule has 0 spiro atoms. The first-order chi connectivity index (χ1) is 8.69. The Morgan fingerprint density at radius 1 is 1.53 bits per heavy atom. The molecule has 0 aliphatic carbocycles. The van der Waals surface area contributed by atoms with Gasteiger partial charge in [-0.25, -0.2) is 4.68 Å². The molecular weight excluding hydrogens is 308 g/mol. The summed E-state index contributed by atoms with van der Waals surface area (Å²) in [6.07, 6.45) is 1.72. The van der Waals surface area contributed by atoms with Crippen molar-refractivity contribution < 1.29 is 0 Å². The van der Waals surface area contributed by atoms with Crippen LogP contribution in [0.4, 0.5) is 5.69 Å². The van der Waals surface area contributed by atoms with Gasteiger partial charge in [-0.05, 0) is 41.7 Å². The Hall–Kier alpha value is -0.880. The normalized spacial score (nSPS) is 12.0. The van der Waals surface area contributed by atoms with E-state index in [1.807, 2.05) is 25.8 Å². The number of rotatable bonds is 5. The van der Waals surface area contributed by atoms with Crippen molar-refractivity contribution in [2.24, 2.45) is 11.1 Å². The SMILES string of the molecule is CC(C)n1ncc(N(C)CC(C)(C)CN)c(Br)c1=O. The zero-order valence-corrected chi connectivity index (χ0v) is 13.9. The molecule has 0 radical (unpaired) electrons. The van der Waals surface area contributed by atoms with E-state index < -0.39 is 0 Å². The molecule has 6 heteroatoms. The first kappa shape index (κ1) is 16.2. The molecule has 0 fully saturated rings. The molecule has 2 N–H and O–H groups in total. The molecule has 0 aromatic carbocycles. The lowest BCUT2D eigenvalue weighted by Gasteiger charge is -2.30. The van der Waals surface area contributed by atoms with E-state index in [1.165, 1.54) is 4.68 Å². The average Bonchev–Trinajstić information content (AvgIpc) is 2.31. The van der Waals surface area contributed by atoms with Crippen LogP contribution in [0.3, 0.4) is 0 Å². The summed E-state index contributed by atoms with van der Waals surface area (Å²) in [7, 11) is 1.94. The number of aromatic nitrogens is 2. The Bertz CT molecular complexity index is 496. The van der Waals surface area contributed by atoms with Gasteiger partial charge in [-0.2, -0.15) is 5.10 Å². The van der Waals surface area contributed by atoms with Crippen molar-refractivity contribution in [1.82, 2.24) is 9.78 Å². The van der Waals surface area contributed by atoms with Crippen LogP contribution < -0.4 is 16.2 Å². The molecule has 0 saturated heterocycles. The summed E-state index contributed by atoms with van der Waals surface area (Å²) >= 11 is 3.38. The first-order valence-electron chi connectivity index (χ1n) is 6.38. The Morgan fingerprint density at radius 2 is 2.11 bits per heavy atom. The van der Waals surface area contributed by atoms with Gasteiger partial charge in [0.1, 0.15) is 4.47 Å². The Balaban J connectivity index is 3.10. The van der Waals surface area contributed by atoms with Gasteiger partial charge in [0, 0.05) is 13.6 Å². The lowest BCUT2D eigenvalue weighted by Crippen LogP contribution is -2.38. The summed E-state index contributed by atoms with van der Waals surface area (Å²) in [4.78, 5) is 14.2. The highest BCUT2D eigenvalue weighted by atomic mass is 79.9. The highest BCUT2D eigenvalue weighted by Crippen LogP contribution is 2.24. The molecule has 0 saturated carbocycles. The minimum Gasteiger partial charge on any atom is -0.372 e. The van der Waals surface area contributed by atoms with Crippen molar-refractivity contribution in [1.29, 1.82) is 0 Å². The predicted molar refractivity (Wildman–Crippen MR) is 82.7 cm³/mol. The number of anilines is 1. The molecule has 0 unspecified atom stereocenters. The Kier molecular flexibility index (Phi) is 5.15. The van der Waals surface area contributed by atoms with Gasteiger partial charge in [-0.15, -0.1) is 0 Å². The van der Waals surface area contributed by atoms with Crippen LogP contribution in [0.5, 0.6) is 0 Å². The van der Waals surface area contributed by atoms with E-state index in [4.69, 9.17) is 5.73 Å². The number of nitrogens with two attached hydrogens (primary N) is 1. The zero-order valence-electron chi connectivity index (χ0n) is 12.3. The predicted octanol–water partition coefficient (Wildman–Crippen LogP) is 2.01. The van der Waals surface area contributed by atoms with E-state index in [0.717, 1.165) is 12.2 Å². The van der Waals surface area contributed by atoms with Crippen LogP contribution in [0.1, 0.15) is 33.7 Å². The highest BCUT2D eigenvalue weighted by molar-refractivity contribution is 9.10. The average molecular weight is 331 g/mol. The maximum Gasteiger partial charge on any atom is 0.283 e. The summed E-state index contributed by atoms with van der Waals surface area (Å²) in [5, 5.41) is 4.22. The molecule has 1 heterocycles. The van der Waals surface area contributed by atoms with Crippen molar-refractivity contribution in [3.05, 3.63) is 21.0 Å². The molecule has 1 rings (SSSR count). The maximum absolute atomic E-state index is 12.2. The maximum atomic E-state index is 12.2. The van der Waals surface area contributed by atoms with Gasteiger partial charge in [0.05, 0.1) is 17.9 Å². The van der Waals surface area contributed by atoms with Crippen LogP contribution in [-0.4, -0.2) is 29.9 Å². The molecule has 1 aromatic heterocycles. The molecule has 0 aliphatic rings. The smallest absolute Gasteiger partial charge is 0.283 e. The fraction of sp³-hybridized carbons (Fsp3) is 0.692. The van der Waals surface area contributed by atoms with Crippen molar-refractivity contribution >= 4 is 21.6 Å². The quantitative estimate of drug-likeness (QED) is 0.896. The van der Waals surface area contributed by atoms with Crippen LogP contribution in [-0.2, 0) is 0 Å². The van der Waals surface area contributed by atoms with E-state index in [1.54, 1.807) is 6.20 Å². The van der Waals surface area contributed by atoms with Crippen molar-refractivity contribution in [2.45, 2.75) is 33.7 Å². The monoisotopic (exact) mass is 330 g/mol. The van der Waals surface area contributed by atoms with E-state index in [9.17, 15) is 4.79 Å². The van der Waals surface area contributed by atoms with Gasteiger partial charge in [0.15, 0.2) is 0 Å². The summed E-state index contributed by atoms with van der Waals surface area (Å²) in [5.74, 6) is 0. The Morgan fingerprint density at radius 3 is 2.58 bits per heavy atom. The van der Waals surface area contributed by atoms with Gasteiger partial charge in [-0.1, -0.05) is 13.8 Å². The third-order valence-electron chi connectivity index (χ3n) is 3.04. The second kappa shape index (κ2) is 6.05. The summed E-state index contributed by atoms with van der Waals surface area (Å²) in [6, 6.07) is 0.0450. The highest BCUT2D eigenvalue weighted by Gasteiger charge is 2.21. The van der Waals surface area contributed by atoms with Gasteiger partial charge in [0.25, 0.3) is 5.56 Å². The molecule has 5 nitrogen and oxygen atoms in total. The van der Waals surface area contributed by atoms with Gasteiger partial charge >= 0.3 is 0 Å². The molecule has 0 bridgehead atoms. The van der Waals surface area contributed by atoms with E-state index >= 15 is 0 Å². The Labute approximate surface area is 122 Å². The minimum absolute atomic E-state index is 0.0128. The summed E-state index contributed by atoms with van der Waals surface area (Å²) in [5.41, 5.74) is 6.42. The van der Waals surface area contributed by atoms with Gasteiger partial charge in [0.2, 0.25) is 0 Å². The number of hydrogen-bond acceptors (Lipinski definition) is 4. The van der Waals surface area contributed by atoms with Crippen LogP contribution >= 0.6 is 15.9 Å². The van der Waals surface area contributed by atoms with E-state index in [0.29, 0.717) is 11.0 Å². The molecule has 108 valence electrons. The topological polar surface area (TPSA) is 64.2 Å². The minimum atomic E-state index is -0.107. The van der Waals surface area contributed by atoms with E-state index in [2.05, 4.69) is 34.9 Å². The van der Waals surface area contributed by atoms with Crippen molar-refractivity contribution in [2.75, 3.05) is 25.0 Å². The molecular formula is C13H23BrN4O. The van der Waals surface area contributed by atoms with Crippen molar-refractivity contribution in [3.63, 3.8) is 0 Å². The van der Waals surface area contributed by atoms with Crippen LogP contribution in [0.2, 0.25) is 0 Å². The fourth-order valence-corrected chi connectivity index (χ4v) is 2.45.